The Hall–Kier alpha value is -1.56. The molecule has 3 atom stereocenters. The molecule has 3 fully saturated rings. The number of ether oxygens (including phenoxy) is 1. The van der Waals surface area contributed by atoms with Crippen LogP contribution in [0.3, 0.4) is 0 Å². The zero-order valence-corrected chi connectivity index (χ0v) is 18.7. The van der Waals surface area contributed by atoms with Gasteiger partial charge >= 0.3 is 0 Å². The van der Waals surface area contributed by atoms with Crippen LogP contribution in [0.15, 0.2) is 24.3 Å². The third kappa shape index (κ3) is 2.36. The highest BCUT2D eigenvalue weighted by Gasteiger charge is 2.77. The molecular formula is C22H29BrN2O3. The van der Waals surface area contributed by atoms with E-state index in [9.17, 15) is 9.59 Å². The molecule has 1 aromatic carbocycles. The van der Waals surface area contributed by atoms with Crippen LogP contribution < -0.4 is 9.64 Å². The SMILES string of the molecule is COc1ccc(N2CCN(C(=O)C34CCC(C)(C(=O)C3Br)C4(C)C)CC2)cc1. The zero-order chi connectivity index (χ0) is 20.3. The maximum Gasteiger partial charge on any atom is 0.231 e. The Balaban J connectivity index is 1.50. The second-order valence-electron chi connectivity index (χ2n) is 9.13. The second kappa shape index (κ2) is 6.48. The number of halogens is 1. The fourth-order valence-corrected chi connectivity index (χ4v) is 7.17. The molecular weight excluding hydrogens is 420 g/mol. The van der Waals surface area contributed by atoms with Crippen molar-refractivity contribution in [1.29, 1.82) is 0 Å². The van der Waals surface area contributed by atoms with Crippen LogP contribution in [0.4, 0.5) is 5.69 Å². The number of benzene rings is 1. The number of carbonyl (C=O) groups excluding carboxylic acids is 2. The van der Waals surface area contributed by atoms with E-state index in [4.69, 9.17) is 4.74 Å². The molecule has 0 radical (unpaired) electrons. The summed E-state index contributed by atoms with van der Waals surface area (Å²) < 4.78 is 5.23. The lowest BCUT2D eigenvalue weighted by molar-refractivity contribution is -0.147. The van der Waals surface area contributed by atoms with Crippen LogP contribution in [0.2, 0.25) is 0 Å². The van der Waals surface area contributed by atoms with Crippen molar-refractivity contribution in [2.75, 3.05) is 38.2 Å². The number of methoxy groups -OCH3 is 1. The first-order chi connectivity index (χ1) is 13.2. The van der Waals surface area contributed by atoms with Crippen molar-refractivity contribution in [1.82, 2.24) is 4.90 Å². The maximum atomic E-state index is 13.7. The summed E-state index contributed by atoms with van der Waals surface area (Å²) in [5.41, 5.74) is -0.229. The van der Waals surface area contributed by atoms with Crippen molar-refractivity contribution in [2.45, 2.75) is 38.4 Å². The molecule has 152 valence electrons. The summed E-state index contributed by atoms with van der Waals surface area (Å²) in [6.07, 6.45) is 1.59. The Bertz CT molecular complexity index is 801. The first-order valence-corrected chi connectivity index (χ1v) is 11.0. The lowest BCUT2D eigenvalue weighted by atomic mass is 9.64. The molecule has 6 heteroatoms. The molecule has 1 aromatic rings. The van der Waals surface area contributed by atoms with E-state index >= 15 is 0 Å². The van der Waals surface area contributed by atoms with Gasteiger partial charge in [-0.2, -0.15) is 0 Å². The fraction of sp³-hybridized carbons (Fsp3) is 0.636. The fourth-order valence-electron chi connectivity index (χ4n) is 5.67. The summed E-state index contributed by atoms with van der Waals surface area (Å²) in [6.45, 7) is 9.25. The topological polar surface area (TPSA) is 49.9 Å². The number of Topliss-reactive ketones (excluding diaryl/α,β-unsaturated/α-hetero) is 1. The number of amides is 1. The van der Waals surface area contributed by atoms with E-state index in [-0.39, 0.29) is 21.9 Å². The summed E-state index contributed by atoms with van der Waals surface area (Å²) in [5, 5.41) is 0. The summed E-state index contributed by atoms with van der Waals surface area (Å²) in [7, 11) is 1.67. The molecule has 3 unspecified atom stereocenters. The van der Waals surface area contributed by atoms with Gasteiger partial charge in [0.25, 0.3) is 0 Å². The van der Waals surface area contributed by atoms with Crippen molar-refractivity contribution in [2.24, 2.45) is 16.2 Å². The summed E-state index contributed by atoms with van der Waals surface area (Å²) in [5.74, 6) is 1.20. The summed E-state index contributed by atoms with van der Waals surface area (Å²) in [6, 6.07) is 8.05. The first kappa shape index (κ1) is 19.7. The third-order valence-corrected chi connectivity index (χ3v) is 9.30. The largest absolute Gasteiger partial charge is 0.497 e. The number of hydrogen-bond acceptors (Lipinski definition) is 4. The Labute approximate surface area is 175 Å². The highest BCUT2D eigenvalue weighted by atomic mass is 79.9. The number of fused-ring (bicyclic) bond motifs is 2. The lowest BCUT2D eigenvalue weighted by Gasteiger charge is -2.45. The van der Waals surface area contributed by atoms with Crippen LogP contribution in [0, 0.1) is 16.2 Å². The average molecular weight is 449 g/mol. The standard InChI is InChI=1S/C22H29BrN2O3/c1-20(2)21(3)9-10-22(20,17(23)18(21)26)19(27)25-13-11-24(12-14-25)15-5-7-16(28-4)8-6-15/h5-8,17H,9-14H2,1-4H3. The van der Waals surface area contributed by atoms with Crippen LogP contribution in [0.5, 0.6) is 5.75 Å². The molecule has 1 heterocycles. The number of carbonyl (C=O) groups is 2. The van der Waals surface area contributed by atoms with Gasteiger partial charge in [-0.15, -0.1) is 0 Å². The van der Waals surface area contributed by atoms with Gasteiger partial charge in [-0.1, -0.05) is 36.7 Å². The molecule has 2 saturated carbocycles. The number of hydrogen-bond donors (Lipinski definition) is 0. The van der Waals surface area contributed by atoms with E-state index in [2.05, 4.69) is 46.8 Å². The predicted molar refractivity (Wildman–Crippen MR) is 113 cm³/mol. The second-order valence-corrected chi connectivity index (χ2v) is 10.0. The molecule has 5 nitrogen and oxygen atoms in total. The monoisotopic (exact) mass is 448 g/mol. The smallest absolute Gasteiger partial charge is 0.231 e. The average Bonchev–Trinajstić information content (AvgIpc) is 2.99. The van der Waals surface area contributed by atoms with Crippen LogP contribution >= 0.6 is 15.9 Å². The Morgan fingerprint density at radius 3 is 2.18 bits per heavy atom. The van der Waals surface area contributed by atoms with Gasteiger partial charge in [-0.05, 0) is 42.5 Å². The first-order valence-electron chi connectivity index (χ1n) is 10.1. The number of anilines is 1. The molecule has 2 aliphatic carbocycles. The van der Waals surface area contributed by atoms with Crippen molar-refractivity contribution in [3.05, 3.63) is 24.3 Å². The van der Waals surface area contributed by atoms with Gasteiger partial charge in [0, 0.05) is 37.3 Å². The van der Waals surface area contributed by atoms with Crippen LogP contribution in [-0.2, 0) is 9.59 Å². The van der Waals surface area contributed by atoms with Gasteiger partial charge in [0.2, 0.25) is 5.91 Å². The van der Waals surface area contributed by atoms with E-state index in [1.165, 1.54) is 0 Å². The number of alkyl halides is 1. The molecule has 2 bridgehead atoms. The molecule has 28 heavy (non-hydrogen) atoms. The van der Waals surface area contributed by atoms with Crippen molar-refractivity contribution in [3.63, 3.8) is 0 Å². The van der Waals surface area contributed by atoms with E-state index in [0.29, 0.717) is 13.1 Å². The Morgan fingerprint density at radius 1 is 1.07 bits per heavy atom. The Kier molecular flexibility index (Phi) is 4.57. The molecule has 4 rings (SSSR count). The molecule has 1 aliphatic heterocycles. The van der Waals surface area contributed by atoms with Crippen LogP contribution in [0.25, 0.3) is 0 Å². The highest BCUT2D eigenvalue weighted by Crippen LogP contribution is 2.72. The zero-order valence-electron chi connectivity index (χ0n) is 17.1. The minimum absolute atomic E-state index is 0.156. The quantitative estimate of drug-likeness (QED) is 0.663. The lowest BCUT2D eigenvalue weighted by Crippen LogP contribution is -2.57. The minimum Gasteiger partial charge on any atom is -0.497 e. The van der Waals surface area contributed by atoms with Crippen molar-refractivity contribution < 1.29 is 14.3 Å². The molecule has 1 saturated heterocycles. The number of nitrogens with zero attached hydrogens (tertiary/aromatic N) is 2. The van der Waals surface area contributed by atoms with Crippen molar-refractivity contribution in [3.8, 4) is 5.75 Å². The van der Waals surface area contributed by atoms with Gasteiger partial charge in [0.05, 0.1) is 17.4 Å². The molecule has 1 amide bonds. The molecule has 0 N–H and O–H groups in total. The van der Waals surface area contributed by atoms with Gasteiger partial charge in [0.15, 0.2) is 5.78 Å². The van der Waals surface area contributed by atoms with Crippen molar-refractivity contribution >= 4 is 33.3 Å². The normalized spacial score (nSPS) is 34.0. The molecule has 0 spiro atoms. The van der Waals surface area contributed by atoms with Gasteiger partial charge in [-0.3, -0.25) is 9.59 Å². The van der Waals surface area contributed by atoms with E-state index in [1.54, 1.807) is 7.11 Å². The molecule has 3 aliphatic rings. The maximum absolute atomic E-state index is 13.7. The van der Waals surface area contributed by atoms with Gasteiger partial charge in [-0.25, -0.2) is 0 Å². The van der Waals surface area contributed by atoms with E-state index in [1.807, 2.05) is 24.0 Å². The van der Waals surface area contributed by atoms with Crippen LogP contribution in [-0.4, -0.2) is 54.7 Å². The van der Waals surface area contributed by atoms with Gasteiger partial charge < -0.3 is 14.5 Å². The number of ketones is 1. The Morgan fingerprint density at radius 2 is 1.68 bits per heavy atom. The number of rotatable bonds is 3. The predicted octanol–water partition coefficient (Wildman–Crippen LogP) is 3.50. The highest BCUT2D eigenvalue weighted by molar-refractivity contribution is 9.10. The van der Waals surface area contributed by atoms with Gasteiger partial charge in [0.1, 0.15) is 5.75 Å². The van der Waals surface area contributed by atoms with Crippen LogP contribution in [0.1, 0.15) is 33.6 Å². The number of piperazine rings is 1. The summed E-state index contributed by atoms with van der Waals surface area (Å²) >= 11 is 3.64. The van der Waals surface area contributed by atoms with E-state index < -0.39 is 10.8 Å². The minimum atomic E-state index is -0.624. The van der Waals surface area contributed by atoms with E-state index in [0.717, 1.165) is 37.4 Å². The third-order valence-electron chi connectivity index (χ3n) is 8.11. The summed E-state index contributed by atoms with van der Waals surface area (Å²) in [4.78, 5) is 30.6. The molecule has 0 aromatic heterocycles.